The Kier molecular flexibility index (Phi) is 59.7. The van der Waals surface area contributed by atoms with Crippen LogP contribution in [0.25, 0.3) is 0 Å². The predicted octanol–water partition coefficient (Wildman–Crippen LogP) is 12.0. The summed E-state index contributed by atoms with van der Waals surface area (Å²) in [4.78, 5) is 0. The average molecular weight is 776 g/mol. The van der Waals surface area contributed by atoms with Crippen LogP contribution < -0.4 is 0 Å². The first-order valence-electron chi connectivity index (χ1n) is 16.9. The molecule has 0 heterocycles. The van der Waals surface area contributed by atoms with Gasteiger partial charge in [0.05, 0.1) is 0 Å². The van der Waals surface area contributed by atoms with Crippen LogP contribution >= 0.6 is 8.92 Å². The van der Waals surface area contributed by atoms with Gasteiger partial charge >= 0.3 is 248 Å². The second kappa shape index (κ2) is 48.5. The van der Waals surface area contributed by atoms with E-state index in [1.54, 1.807) is 21.7 Å². The molecule has 3 N–H and O–H groups in total. The van der Waals surface area contributed by atoms with Crippen molar-refractivity contribution in [1.29, 1.82) is 0 Å². The first-order valence-corrected chi connectivity index (χ1v) is 28.6. The molecule has 0 fully saturated rings. The van der Waals surface area contributed by atoms with E-state index in [1.165, 1.54) is 150 Å². The molecule has 5 heteroatoms. The molecule has 0 amide bonds. The van der Waals surface area contributed by atoms with Crippen LogP contribution in [0.4, 0.5) is 0 Å². The second-order valence-corrected chi connectivity index (χ2v) is 24.5. The monoisotopic (exact) mass is 777 g/mol. The summed E-state index contributed by atoms with van der Waals surface area (Å²) in [5.74, 6) is 0. The van der Waals surface area contributed by atoms with Gasteiger partial charge in [0.2, 0.25) is 0 Å². The Bertz CT molecular complexity index is 319. The smallest absolute Gasteiger partial charge is 0.0319 e. The number of aliphatic hydroxyl groups is 1. The van der Waals surface area contributed by atoms with Gasteiger partial charge in [-0.25, -0.2) is 0 Å². The minimum Gasteiger partial charge on any atom is -0.412 e. The van der Waals surface area contributed by atoms with Crippen molar-refractivity contribution in [2.75, 3.05) is 7.11 Å². The average Bonchev–Trinajstić information content (AvgIpc) is 2.92. The van der Waals surface area contributed by atoms with Crippen LogP contribution in [0.2, 0.25) is 17.7 Å². The van der Waals surface area contributed by atoms with Crippen LogP contribution in [0.5, 0.6) is 0 Å². The van der Waals surface area contributed by atoms with E-state index < -0.39 is 18.6 Å². The molecule has 0 spiro atoms. The van der Waals surface area contributed by atoms with Crippen LogP contribution in [0.15, 0.2) is 0 Å². The summed E-state index contributed by atoms with van der Waals surface area (Å²) >= 11 is -1.31. The Morgan fingerprint density at radius 2 is 0.658 bits per heavy atom. The molecule has 0 bridgehead atoms. The maximum absolute atomic E-state index is 7.00. The SMILES string of the molecule is CCCCCCC[CH2][Sn]([Cl])[CH2]CCCCCCC.CCCCCCC[CH2][Sn][CH2]CCCCCCC.CO.O. The summed E-state index contributed by atoms with van der Waals surface area (Å²) in [6, 6.07) is 0. The van der Waals surface area contributed by atoms with Gasteiger partial charge in [-0.2, -0.15) is 0 Å². The van der Waals surface area contributed by atoms with Crippen molar-refractivity contribution in [3.8, 4) is 0 Å². The van der Waals surface area contributed by atoms with Crippen molar-refractivity contribution in [2.45, 2.75) is 200 Å². The van der Waals surface area contributed by atoms with E-state index in [9.17, 15) is 0 Å². The Balaban J connectivity index is -0.000000279. The van der Waals surface area contributed by atoms with E-state index in [2.05, 4.69) is 27.7 Å². The Hall–Kier alpha value is 1.81. The quantitative estimate of drug-likeness (QED) is 0.0624. The maximum atomic E-state index is 7.00. The van der Waals surface area contributed by atoms with E-state index in [4.69, 9.17) is 14.0 Å². The molecule has 0 aliphatic rings. The fraction of sp³-hybridized carbons (Fsp3) is 1.00. The second-order valence-electron chi connectivity index (χ2n) is 10.8. The molecule has 0 aromatic heterocycles. The zero-order valence-electron chi connectivity index (χ0n) is 27.1. The van der Waals surface area contributed by atoms with E-state index in [-0.39, 0.29) is 26.6 Å². The molecule has 0 saturated carbocycles. The van der Waals surface area contributed by atoms with Crippen molar-refractivity contribution in [2.24, 2.45) is 0 Å². The van der Waals surface area contributed by atoms with E-state index in [0.29, 0.717) is 0 Å². The first kappa shape index (κ1) is 46.8. The molecule has 2 nitrogen and oxygen atoms in total. The topological polar surface area (TPSA) is 51.7 Å². The normalized spacial score (nSPS) is 10.4. The van der Waals surface area contributed by atoms with Gasteiger partial charge in [0.1, 0.15) is 0 Å². The molecular formula is C33H74ClO2Sn2. The zero-order chi connectivity index (χ0) is 28.1. The third-order valence-electron chi connectivity index (χ3n) is 7.02. The van der Waals surface area contributed by atoms with Crippen molar-refractivity contribution in [1.82, 2.24) is 0 Å². The van der Waals surface area contributed by atoms with Crippen LogP contribution in [0.1, 0.15) is 182 Å². The van der Waals surface area contributed by atoms with Gasteiger partial charge < -0.3 is 10.6 Å². The molecule has 0 unspecified atom stereocenters. The third-order valence-corrected chi connectivity index (χ3v) is 18.7. The molecule has 3 radical (unpaired) electrons. The predicted molar refractivity (Wildman–Crippen MR) is 182 cm³/mol. The van der Waals surface area contributed by atoms with Crippen LogP contribution in [-0.4, -0.2) is 57.5 Å². The molecule has 38 heavy (non-hydrogen) atoms. The van der Waals surface area contributed by atoms with Gasteiger partial charge in [0, 0.05) is 7.11 Å². The number of halogens is 1. The molecule has 0 aliphatic heterocycles. The molecule has 0 aromatic carbocycles. The van der Waals surface area contributed by atoms with Gasteiger partial charge in [-0.3, -0.25) is 0 Å². The summed E-state index contributed by atoms with van der Waals surface area (Å²) in [6.07, 6.45) is 34.9. The summed E-state index contributed by atoms with van der Waals surface area (Å²) < 4.78 is 6.19. The fourth-order valence-corrected chi connectivity index (χ4v) is 14.2. The Labute approximate surface area is 264 Å². The van der Waals surface area contributed by atoms with E-state index in [1.807, 2.05) is 0 Å². The van der Waals surface area contributed by atoms with Crippen LogP contribution in [-0.2, 0) is 0 Å². The molecule has 233 valence electrons. The minimum absolute atomic E-state index is 0. The minimum atomic E-state index is -1.39. The van der Waals surface area contributed by atoms with E-state index >= 15 is 0 Å². The number of aliphatic hydroxyl groups excluding tert-OH is 1. The van der Waals surface area contributed by atoms with Crippen LogP contribution in [0.3, 0.4) is 0 Å². The third kappa shape index (κ3) is 50.6. The van der Waals surface area contributed by atoms with Crippen molar-refractivity contribution in [3.05, 3.63) is 0 Å². The number of hydrogen-bond acceptors (Lipinski definition) is 1. The molecule has 0 atom stereocenters. The van der Waals surface area contributed by atoms with Crippen LogP contribution in [0, 0.1) is 0 Å². The maximum Gasteiger partial charge on any atom is 0.0319 e. The van der Waals surface area contributed by atoms with Gasteiger partial charge in [0.15, 0.2) is 0 Å². The van der Waals surface area contributed by atoms with Crippen molar-refractivity contribution in [3.63, 3.8) is 0 Å². The largest absolute Gasteiger partial charge is 0.412 e. The molecule has 0 aliphatic carbocycles. The number of unbranched alkanes of at least 4 members (excludes halogenated alkanes) is 20. The Morgan fingerprint density at radius 1 is 0.421 bits per heavy atom. The van der Waals surface area contributed by atoms with Gasteiger partial charge in [-0.05, 0) is 0 Å². The zero-order valence-corrected chi connectivity index (χ0v) is 33.6. The summed E-state index contributed by atoms with van der Waals surface area (Å²) in [7, 11) is 7.56. The number of hydrogen-bond donors (Lipinski definition) is 1. The Morgan fingerprint density at radius 3 is 0.947 bits per heavy atom. The molecule has 0 rings (SSSR count). The van der Waals surface area contributed by atoms with Crippen molar-refractivity contribution >= 4 is 48.7 Å². The molecule has 0 saturated heterocycles. The summed E-state index contributed by atoms with van der Waals surface area (Å²) in [6.45, 7) is 9.17. The molecule has 0 aromatic rings. The van der Waals surface area contributed by atoms with E-state index in [0.717, 1.165) is 7.11 Å². The van der Waals surface area contributed by atoms with Crippen molar-refractivity contribution < 1.29 is 10.6 Å². The standard InChI is InChI=1S/4C8H17.CH4O.ClH.H2O.2Sn/c4*1-3-5-7-8-6-4-2;1-2;;;;/h4*1,3-8H2,2H3;2H,1H3;1H;1H2;;/q;;;;;;;;+1/p-1. The van der Waals surface area contributed by atoms with Gasteiger partial charge in [-0.15, -0.1) is 0 Å². The van der Waals surface area contributed by atoms with Gasteiger partial charge in [0.25, 0.3) is 0 Å². The fourth-order valence-electron chi connectivity index (χ4n) is 4.50. The number of rotatable bonds is 28. The van der Waals surface area contributed by atoms with Gasteiger partial charge in [-0.1, -0.05) is 0 Å². The first-order chi connectivity index (χ1) is 18.2. The summed E-state index contributed by atoms with van der Waals surface area (Å²) in [5.41, 5.74) is 0. The summed E-state index contributed by atoms with van der Waals surface area (Å²) in [5, 5.41) is 7.00. The molecular weight excluding hydrogens is 701 g/mol.